The number of amides is 1. The van der Waals surface area contributed by atoms with Crippen LogP contribution in [0.1, 0.15) is 30.0 Å². The van der Waals surface area contributed by atoms with Gasteiger partial charge in [-0.2, -0.15) is 5.10 Å². The molecule has 3 aromatic carbocycles. The van der Waals surface area contributed by atoms with Crippen LogP contribution in [0.2, 0.25) is 0 Å². The van der Waals surface area contributed by atoms with E-state index in [1.807, 2.05) is 73.7 Å². The molecule has 0 aliphatic rings. The number of carbonyl (C=O) groups excluding carboxylic acids is 1. The molecule has 0 spiro atoms. The Hall–Kier alpha value is -2.64. The van der Waals surface area contributed by atoms with Crippen LogP contribution in [0.15, 0.2) is 80.8 Å². The van der Waals surface area contributed by atoms with Crippen LogP contribution in [0.5, 0.6) is 11.5 Å². The van der Waals surface area contributed by atoms with Crippen molar-refractivity contribution in [3.05, 3.63) is 92.4 Å². The molecule has 0 unspecified atom stereocenters. The predicted octanol–water partition coefficient (Wildman–Crippen LogP) is 6.27. The zero-order valence-corrected chi connectivity index (χ0v) is 20.9. The Bertz CT molecular complexity index is 1050. The number of rotatable bonds is 10. The van der Waals surface area contributed by atoms with E-state index >= 15 is 0 Å². The maximum Gasteiger partial charge on any atom is 0.240 e. The van der Waals surface area contributed by atoms with Gasteiger partial charge in [-0.3, -0.25) is 4.79 Å². The SMILES string of the molecule is CCOc1cc(/C=N\NC(=O)CCc2ccccc2)cc(Br)c1OCc1ccc(Br)cc1. The van der Waals surface area contributed by atoms with Crippen LogP contribution in [-0.4, -0.2) is 18.7 Å². The minimum Gasteiger partial charge on any atom is -0.490 e. The highest BCUT2D eigenvalue weighted by molar-refractivity contribution is 9.10. The molecular weight excluding hydrogens is 536 g/mol. The molecule has 0 bridgehead atoms. The number of aryl methyl sites for hydroxylation is 1. The minimum absolute atomic E-state index is 0.136. The fraction of sp³-hybridized carbons (Fsp3) is 0.200. The van der Waals surface area contributed by atoms with Crippen molar-refractivity contribution in [2.75, 3.05) is 6.61 Å². The van der Waals surface area contributed by atoms with E-state index in [4.69, 9.17) is 9.47 Å². The maximum atomic E-state index is 12.1. The van der Waals surface area contributed by atoms with E-state index < -0.39 is 0 Å². The lowest BCUT2D eigenvalue weighted by atomic mass is 10.1. The van der Waals surface area contributed by atoms with Crippen molar-refractivity contribution in [1.29, 1.82) is 0 Å². The first kappa shape index (κ1) is 24.0. The van der Waals surface area contributed by atoms with Crippen molar-refractivity contribution in [2.24, 2.45) is 5.10 Å². The Labute approximate surface area is 205 Å². The van der Waals surface area contributed by atoms with Crippen LogP contribution in [0, 0.1) is 0 Å². The van der Waals surface area contributed by atoms with E-state index in [2.05, 4.69) is 42.4 Å². The second-order valence-electron chi connectivity index (χ2n) is 6.96. The Morgan fingerprint density at radius 1 is 1.00 bits per heavy atom. The highest BCUT2D eigenvalue weighted by Crippen LogP contribution is 2.37. The minimum atomic E-state index is -0.136. The second-order valence-corrected chi connectivity index (χ2v) is 8.73. The summed E-state index contributed by atoms with van der Waals surface area (Å²) in [6, 6.07) is 21.6. The summed E-state index contributed by atoms with van der Waals surface area (Å²) >= 11 is 7.00. The van der Waals surface area contributed by atoms with Crippen LogP contribution in [-0.2, 0) is 17.8 Å². The lowest BCUT2D eigenvalue weighted by Crippen LogP contribution is -2.17. The smallest absolute Gasteiger partial charge is 0.240 e. The number of hydrogen-bond donors (Lipinski definition) is 1. The van der Waals surface area contributed by atoms with Gasteiger partial charge in [-0.05, 0) is 70.2 Å². The molecule has 0 radical (unpaired) electrons. The number of carbonyl (C=O) groups is 1. The van der Waals surface area contributed by atoms with Crippen LogP contribution in [0.25, 0.3) is 0 Å². The first-order valence-corrected chi connectivity index (χ1v) is 11.8. The Morgan fingerprint density at radius 2 is 1.75 bits per heavy atom. The van der Waals surface area contributed by atoms with Gasteiger partial charge in [0.15, 0.2) is 11.5 Å². The molecule has 0 aliphatic heterocycles. The van der Waals surface area contributed by atoms with E-state index in [0.717, 1.165) is 25.6 Å². The molecule has 0 heterocycles. The summed E-state index contributed by atoms with van der Waals surface area (Å²) in [6.45, 7) is 2.83. The molecule has 7 heteroatoms. The van der Waals surface area contributed by atoms with Crippen molar-refractivity contribution >= 4 is 44.0 Å². The van der Waals surface area contributed by atoms with Gasteiger partial charge in [0, 0.05) is 10.9 Å². The maximum absolute atomic E-state index is 12.1. The van der Waals surface area contributed by atoms with Gasteiger partial charge in [0.25, 0.3) is 0 Å². The molecule has 3 rings (SSSR count). The first-order valence-electron chi connectivity index (χ1n) is 10.2. The van der Waals surface area contributed by atoms with Crippen LogP contribution < -0.4 is 14.9 Å². The number of benzene rings is 3. The first-order chi connectivity index (χ1) is 15.5. The molecular formula is C25H24Br2N2O3. The Morgan fingerprint density at radius 3 is 2.47 bits per heavy atom. The zero-order chi connectivity index (χ0) is 22.8. The number of nitrogens with zero attached hydrogens (tertiary/aromatic N) is 1. The molecule has 32 heavy (non-hydrogen) atoms. The highest BCUT2D eigenvalue weighted by atomic mass is 79.9. The van der Waals surface area contributed by atoms with Crippen molar-refractivity contribution in [2.45, 2.75) is 26.4 Å². The topological polar surface area (TPSA) is 59.9 Å². The van der Waals surface area contributed by atoms with Gasteiger partial charge in [-0.15, -0.1) is 0 Å². The highest BCUT2D eigenvalue weighted by Gasteiger charge is 2.12. The summed E-state index contributed by atoms with van der Waals surface area (Å²) in [4.78, 5) is 12.1. The number of nitrogens with one attached hydrogen (secondary N) is 1. The molecule has 1 amide bonds. The van der Waals surface area contributed by atoms with E-state index in [0.29, 0.717) is 37.6 Å². The van der Waals surface area contributed by atoms with E-state index in [1.165, 1.54) is 0 Å². The largest absolute Gasteiger partial charge is 0.490 e. The van der Waals surface area contributed by atoms with Crippen LogP contribution in [0.4, 0.5) is 0 Å². The molecule has 0 saturated heterocycles. The predicted molar refractivity (Wildman–Crippen MR) is 134 cm³/mol. The third-order valence-corrected chi connectivity index (χ3v) is 5.63. The van der Waals surface area contributed by atoms with Crippen LogP contribution in [0.3, 0.4) is 0 Å². The summed E-state index contributed by atoms with van der Waals surface area (Å²) in [5, 5.41) is 4.08. The zero-order valence-electron chi connectivity index (χ0n) is 17.7. The average Bonchev–Trinajstić information content (AvgIpc) is 2.79. The van der Waals surface area contributed by atoms with Gasteiger partial charge in [-0.25, -0.2) is 5.43 Å². The van der Waals surface area contributed by atoms with E-state index in [-0.39, 0.29) is 5.91 Å². The number of ether oxygens (including phenoxy) is 2. The van der Waals surface area contributed by atoms with Crippen LogP contribution >= 0.6 is 31.9 Å². The van der Waals surface area contributed by atoms with Gasteiger partial charge in [0.2, 0.25) is 5.91 Å². The summed E-state index contributed by atoms with van der Waals surface area (Å²) in [7, 11) is 0. The molecule has 0 fully saturated rings. The summed E-state index contributed by atoms with van der Waals surface area (Å²) in [5.74, 6) is 1.10. The fourth-order valence-corrected chi connectivity index (χ4v) is 3.78. The lowest BCUT2D eigenvalue weighted by molar-refractivity contribution is -0.121. The molecule has 3 aromatic rings. The third kappa shape index (κ3) is 7.50. The number of hydrazone groups is 1. The second kappa shape index (κ2) is 12.4. The van der Waals surface area contributed by atoms with Crippen molar-refractivity contribution < 1.29 is 14.3 Å². The quantitative estimate of drug-likeness (QED) is 0.235. The molecule has 5 nitrogen and oxygen atoms in total. The Kier molecular flexibility index (Phi) is 9.31. The van der Waals surface area contributed by atoms with Crippen molar-refractivity contribution in [1.82, 2.24) is 5.43 Å². The normalized spacial score (nSPS) is 10.8. The standard InChI is InChI=1S/C25H24Br2N2O3/c1-2-31-23-15-20(16-28-29-24(30)13-10-18-6-4-3-5-7-18)14-22(27)25(23)32-17-19-8-11-21(26)12-9-19/h3-9,11-12,14-16H,2,10,13,17H2,1H3,(H,29,30)/b28-16-. The molecule has 0 saturated carbocycles. The summed E-state index contributed by atoms with van der Waals surface area (Å²) in [6.07, 6.45) is 2.64. The van der Waals surface area contributed by atoms with Gasteiger partial charge in [-0.1, -0.05) is 58.4 Å². The Balaban J connectivity index is 1.61. The van der Waals surface area contributed by atoms with Crippen molar-refractivity contribution in [3.63, 3.8) is 0 Å². The van der Waals surface area contributed by atoms with Gasteiger partial charge < -0.3 is 9.47 Å². The molecule has 1 N–H and O–H groups in total. The van der Waals surface area contributed by atoms with E-state index in [1.54, 1.807) is 6.21 Å². The van der Waals surface area contributed by atoms with Gasteiger partial charge in [0.05, 0.1) is 17.3 Å². The van der Waals surface area contributed by atoms with Crippen molar-refractivity contribution in [3.8, 4) is 11.5 Å². The molecule has 0 aliphatic carbocycles. The third-order valence-electron chi connectivity index (χ3n) is 4.51. The van der Waals surface area contributed by atoms with Gasteiger partial charge in [0.1, 0.15) is 6.61 Å². The van der Waals surface area contributed by atoms with Gasteiger partial charge >= 0.3 is 0 Å². The summed E-state index contributed by atoms with van der Waals surface area (Å²) in [5.41, 5.74) is 5.52. The fourth-order valence-electron chi connectivity index (χ4n) is 2.94. The molecule has 0 aromatic heterocycles. The van der Waals surface area contributed by atoms with E-state index in [9.17, 15) is 4.79 Å². The number of halogens is 2. The molecule has 166 valence electrons. The number of hydrogen-bond acceptors (Lipinski definition) is 4. The lowest BCUT2D eigenvalue weighted by Gasteiger charge is -2.14. The monoisotopic (exact) mass is 558 g/mol. The average molecular weight is 560 g/mol. The molecule has 0 atom stereocenters. The summed E-state index contributed by atoms with van der Waals surface area (Å²) < 4.78 is 13.6.